The number of hydrogen-bond donors (Lipinski definition) is 4. The third-order valence-electron chi connectivity index (χ3n) is 3.31. The molecular weight excluding hydrogens is 256 g/mol. The number of carbonyl (C=O) groups is 1. The average Bonchev–Trinajstić information content (AvgIpc) is 2.44. The van der Waals surface area contributed by atoms with Crippen LogP contribution in [0.15, 0.2) is 24.3 Å². The normalized spacial score (nSPS) is 13.1. The fourth-order valence-corrected chi connectivity index (χ4v) is 1.77. The Morgan fingerprint density at radius 1 is 1.35 bits per heavy atom. The van der Waals surface area contributed by atoms with Gasteiger partial charge >= 0.3 is 0 Å². The highest BCUT2D eigenvalue weighted by atomic mass is 16.3. The zero-order valence-corrected chi connectivity index (χ0v) is 12.3. The molecule has 5 nitrogen and oxygen atoms in total. The molecule has 1 amide bonds. The highest BCUT2D eigenvalue weighted by molar-refractivity contribution is 5.88. The summed E-state index contributed by atoms with van der Waals surface area (Å²) >= 11 is 0. The molecule has 0 aliphatic heterocycles. The first-order valence-electron chi connectivity index (χ1n) is 6.73. The lowest BCUT2D eigenvalue weighted by Crippen LogP contribution is -2.38. The van der Waals surface area contributed by atoms with Gasteiger partial charge in [-0.25, -0.2) is 0 Å². The van der Waals surface area contributed by atoms with Crippen molar-refractivity contribution < 1.29 is 15.0 Å². The highest BCUT2D eigenvalue weighted by Crippen LogP contribution is 2.19. The fourth-order valence-electron chi connectivity index (χ4n) is 1.77. The van der Waals surface area contributed by atoms with Crippen LogP contribution in [0.4, 0.5) is 5.69 Å². The van der Waals surface area contributed by atoms with Gasteiger partial charge in [0.25, 0.3) is 0 Å². The van der Waals surface area contributed by atoms with Crippen molar-refractivity contribution in [3.63, 3.8) is 0 Å². The van der Waals surface area contributed by atoms with Crippen LogP contribution in [0.2, 0.25) is 0 Å². The van der Waals surface area contributed by atoms with Crippen LogP contribution in [0.3, 0.4) is 0 Å². The van der Waals surface area contributed by atoms with Gasteiger partial charge in [0.15, 0.2) is 0 Å². The number of aliphatic hydroxyl groups excluding tert-OH is 2. The molecular formula is C15H24N2O3. The molecule has 5 heteroatoms. The number of aliphatic hydroxyl groups is 2. The smallest absolute Gasteiger partial charge is 0.221 e. The summed E-state index contributed by atoms with van der Waals surface area (Å²) in [6.07, 6.45) is 0. The maximum atomic E-state index is 11.0. The summed E-state index contributed by atoms with van der Waals surface area (Å²) < 4.78 is 0. The number of anilines is 1. The molecule has 1 unspecified atom stereocenters. The SMILES string of the molecule is CC(=O)Nc1cccc(C(C)NCC(C)(CO)CO)c1. The third-order valence-corrected chi connectivity index (χ3v) is 3.31. The number of carbonyl (C=O) groups excluding carboxylic acids is 1. The van der Waals surface area contributed by atoms with Gasteiger partial charge in [0.1, 0.15) is 0 Å². The molecule has 4 N–H and O–H groups in total. The Hall–Kier alpha value is -1.43. The van der Waals surface area contributed by atoms with Crippen LogP contribution in [0.25, 0.3) is 0 Å². The van der Waals surface area contributed by atoms with Gasteiger partial charge in [0, 0.05) is 30.6 Å². The molecule has 0 aromatic heterocycles. The largest absolute Gasteiger partial charge is 0.396 e. The Balaban J connectivity index is 2.67. The van der Waals surface area contributed by atoms with E-state index in [9.17, 15) is 15.0 Å². The van der Waals surface area contributed by atoms with E-state index in [-0.39, 0.29) is 25.2 Å². The summed E-state index contributed by atoms with van der Waals surface area (Å²) in [5, 5.41) is 24.6. The quantitative estimate of drug-likeness (QED) is 0.606. The molecule has 0 bridgehead atoms. The summed E-state index contributed by atoms with van der Waals surface area (Å²) in [7, 11) is 0. The van der Waals surface area contributed by atoms with Crippen LogP contribution in [0, 0.1) is 5.41 Å². The van der Waals surface area contributed by atoms with Crippen LogP contribution in [0.1, 0.15) is 32.4 Å². The number of benzene rings is 1. The molecule has 0 saturated heterocycles. The van der Waals surface area contributed by atoms with Gasteiger partial charge in [0.05, 0.1) is 13.2 Å². The molecule has 0 heterocycles. The standard InChI is InChI=1S/C15H24N2O3/c1-11(16-8-15(3,9-18)10-19)13-5-4-6-14(7-13)17-12(2)20/h4-7,11,16,18-19H,8-10H2,1-3H3,(H,17,20). The number of rotatable bonds is 7. The van der Waals surface area contributed by atoms with E-state index in [0.717, 1.165) is 11.3 Å². The van der Waals surface area contributed by atoms with Crippen molar-refractivity contribution in [2.24, 2.45) is 5.41 Å². The number of amides is 1. The number of nitrogens with one attached hydrogen (secondary N) is 2. The molecule has 0 saturated carbocycles. The van der Waals surface area contributed by atoms with Crippen molar-refractivity contribution in [1.82, 2.24) is 5.32 Å². The van der Waals surface area contributed by atoms with Crippen molar-refractivity contribution in [2.75, 3.05) is 25.1 Å². The number of hydrogen-bond acceptors (Lipinski definition) is 4. The molecule has 1 aromatic carbocycles. The minimum atomic E-state index is -0.538. The second-order valence-corrected chi connectivity index (χ2v) is 5.54. The lowest BCUT2D eigenvalue weighted by molar-refractivity contribution is -0.114. The predicted molar refractivity (Wildman–Crippen MR) is 79.4 cm³/mol. The van der Waals surface area contributed by atoms with Crippen LogP contribution in [-0.2, 0) is 4.79 Å². The topological polar surface area (TPSA) is 81.6 Å². The van der Waals surface area contributed by atoms with Crippen LogP contribution in [-0.4, -0.2) is 35.9 Å². The van der Waals surface area contributed by atoms with Crippen molar-refractivity contribution >= 4 is 11.6 Å². The van der Waals surface area contributed by atoms with E-state index in [1.807, 2.05) is 38.1 Å². The van der Waals surface area contributed by atoms with E-state index in [1.165, 1.54) is 6.92 Å². The maximum Gasteiger partial charge on any atom is 0.221 e. The second-order valence-electron chi connectivity index (χ2n) is 5.54. The molecule has 1 aromatic rings. The minimum absolute atomic E-state index is 0.0566. The molecule has 112 valence electrons. The minimum Gasteiger partial charge on any atom is -0.396 e. The molecule has 0 aliphatic rings. The van der Waals surface area contributed by atoms with E-state index in [2.05, 4.69) is 10.6 Å². The summed E-state index contributed by atoms with van der Waals surface area (Å²) in [6, 6.07) is 7.66. The van der Waals surface area contributed by atoms with E-state index < -0.39 is 5.41 Å². The van der Waals surface area contributed by atoms with Crippen LogP contribution >= 0.6 is 0 Å². The van der Waals surface area contributed by atoms with Crippen molar-refractivity contribution in [3.8, 4) is 0 Å². The van der Waals surface area contributed by atoms with E-state index in [4.69, 9.17) is 0 Å². The second kappa shape index (κ2) is 7.38. The summed E-state index contributed by atoms with van der Waals surface area (Å²) in [5.41, 5.74) is 1.26. The Bertz CT molecular complexity index is 444. The first kappa shape index (κ1) is 16.6. The molecule has 1 rings (SSSR count). The van der Waals surface area contributed by atoms with Gasteiger partial charge in [0.2, 0.25) is 5.91 Å². The molecule has 0 aliphatic carbocycles. The third kappa shape index (κ3) is 4.92. The highest BCUT2D eigenvalue weighted by Gasteiger charge is 2.23. The van der Waals surface area contributed by atoms with Crippen LogP contribution < -0.4 is 10.6 Å². The summed E-state index contributed by atoms with van der Waals surface area (Å²) in [5.74, 6) is -0.101. The zero-order chi connectivity index (χ0) is 15.2. The Morgan fingerprint density at radius 3 is 2.55 bits per heavy atom. The van der Waals surface area contributed by atoms with Gasteiger partial charge in [-0.1, -0.05) is 19.1 Å². The van der Waals surface area contributed by atoms with Gasteiger partial charge in [-0.05, 0) is 24.6 Å². The molecule has 0 radical (unpaired) electrons. The Morgan fingerprint density at radius 2 is 2.00 bits per heavy atom. The first-order chi connectivity index (χ1) is 9.40. The Kier molecular flexibility index (Phi) is 6.13. The predicted octanol–water partition coefficient (Wildman–Crippen LogP) is 1.29. The lowest BCUT2D eigenvalue weighted by atomic mass is 9.92. The van der Waals surface area contributed by atoms with Crippen LogP contribution in [0.5, 0.6) is 0 Å². The molecule has 1 atom stereocenters. The van der Waals surface area contributed by atoms with Gasteiger partial charge < -0.3 is 20.8 Å². The average molecular weight is 280 g/mol. The lowest BCUT2D eigenvalue weighted by Gasteiger charge is -2.27. The maximum absolute atomic E-state index is 11.0. The van der Waals surface area contributed by atoms with Gasteiger partial charge in [-0.15, -0.1) is 0 Å². The van der Waals surface area contributed by atoms with E-state index in [1.54, 1.807) is 0 Å². The molecule has 0 fully saturated rings. The van der Waals surface area contributed by atoms with Crippen molar-refractivity contribution in [2.45, 2.75) is 26.8 Å². The summed E-state index contributed by atoms with van der Waals surface area (Å²) in [6.45, 7) is 5.65. The fraction of sp³-hybridized carbons (Fsp3) is 0.533. The van der Waals surface area contributed by atoms with Gasteiger partial charge in [-0.2, -0.15) is 0 Å². The van der Waals surface area contributed by atoms with Crippen molar-refractivity contribution in [3.05, 3.63) is 29.8 Å². The monoisotopic (exact) mass is 280 g/mol. The first-order valence-corrected chi connectivity index (χ1v) is 6.73. The van der Waals surface area contributed by atoms with E-state index >= 15 is 0 Å². The van der Waals surface area contributed by atoms with E-state index in [0.29, 0.717) is 6.54 Å². The van der Waals surface area contributed by atoms with Gasteiger partial charge in [-0.3, -0.25) is 4.79 Å². The summed E-state index contributed by atoms with van der Waals surface area (Å²) in [4.78, 5) is 11.0. The zero-order valence-electron chi connectivity index (χ0n) is 12.3. The molecule has 0 spiro atoms. The van der Waals surface area contributed by atoms with Crippen molar-refractivity contribution in [1.29, 1.82) is 0 Å². The Labute approximate surface area is 120 Å². The molecule has 20 heavy (non-hydrogen) atoms.